The van der Waals surface area contributed by atoms with E-state index < -0.39 is 14.9 Å². The van der Waals surface area contributed by atoms with E-state index in [2.05, 4.69) is 4.72 Å². The van der Waals surface area contributed by atoms with Crippen LogP contribution in [0.1, 0.15) is 30.9 Å². The zero-order valence-electron chi connectivity index (χ0n) is 12.9. The van der Waals surface area contributed by atoms with E-state index in [1.807, 2.05) is 26.0 Å². The highest BCUT2D eigenvalue weighted by atomic mass is 32.2. The summed E-state index contributed by atoms with van der Waals surface area (Å²) < 4.78 is 27.3. The third-order valence-electron chi connectivity index (χ3n) is 3.33. The summed E-state index contributed by atoms with van der Waals surface area (Å²) in [6, 6.07) is 12.8. The maximum absolute atomic E-state index is 12.3. The monoisotopic (exact) mass is 334 g/mol. The van der Waals surface area contributed by atoms with Gasteiger partial charge < -0.3 is 0 Å². The Labute approximate surface area is 135 Å². The standard InChI is InChI=1S/C16H18N2O4S/c1-12(2)15-8-3-4-9-16(15)17-23(21,22)11-13-6-5-7-14(10-13)18(19)20/h3-10,12,17H,11H2,1-2H3. The Bertz CT molecular complexity index is 816. The van der Waals surface area contributed by atoms with Crippen molar-refractivity contribution in [1.82, 2.24) is 0 Å². The zero-order valence-corrected chi connectivity index (χ0v) is 13.7. The lowest BCUT2D eigenvalue weighted by Crippen LogP contribution is -2.16. The van der Waals surface area contributed by atoms with Gasteiger partial charge in [0.05, 0.1) is 16.4 Å². The number of non-ortho nitro benzene ring substituents is 1. The van der Waals surface area contributed by atoms with Crippen LogP contribution in [-0.4, -0.2) is 13.3 Å². The Morgan fingerprint density at radius 1 is 1.13 bits per heavy atom. The van der Waals surface area contributed by atoms with Gasteiger partial charge in [-0.3, -0.25) is 14.8 Å². The fourth-order valence-electron chi connectivity index (χ4n) is 2.28. The van der Waals surface area contributed by atoms with Crippen molar-refractivity contribution in [1.29, 1.82) is 0 Å². The van der Waals surface area contributed by atoms with Crippen LogP contribution >= 0.6 is 0 Å². The fourth-order valence-corrected chi connectivity index (χ4v) is 3.49. The number of nitro benzene ring substituents is 1. The quantitative estimate of drug-likeness (QED) is 0.645. The lowest BCUT2D eigenvalue weighted by molar-refractivity contribution is -0.384. The molecule has 0 aromatic heterocycles. The van der Waals surface area contributed by atoms with Gasteiger partial charge in [-0.15, -0.1) is 0 Å². The predicted octanol–water partition coefficient (Wildman–Crippen LogP) is 3.66. The van der Waals surface area contributed by atoms with Gasteiger partial charge in [-0.25, -0.2) is 8.42 Å². The second-order valence-electron chi connectivity index (χ2n) is 5.53. The molecule has 2 rings (SSSR count). The maximum atomic E-state index is 12.3. The molecule has 0 aliphatic rings. The number of hydrogen-bond donors (Lipinski definition) is 1. The van der Waals surface area contributed by atoms with E-state index in [1.165, 1.54) is 18.2 Å². The molecule has 0 atom stereocenters. The second-order valence-corrected chi connectivity index (χ2v) is 7.25. The SMILES string of the molecule is CC(C)c1ccccc1NS(=O)(=O)Cc1cccc([N+](=O)[O-])c1. The molecule has 0 aliphatic carbocycles. The highest BCUT2D eigenvalue weighted by molar-refractivity contribution is 7.91. The van der Waals surface area contributed by atoms with Crippen LogP contribution in [0.5, 0.6) is 0 Å². The van der Waals surface area contributed by atoms with E-state index in [9.17, 15) is 18.5 Å². The van der Waals surface area contributed by atoms with Crippen LogP contribution < -0.4 is 4.72 Å². The maximum Gasteiger partial charge on any atom is 0.269 e. The molecule has 0 fully saturated rings. The highest BCUT2D eigenvalue weighted by Gasteiger charge is 2.16. The summed E-state index contributed by atoms with van der Waals surface area (Å²) in [5, 5.41) is 10.8. The van der Waals surface area contributed by atoms with Crippen molar-refractivity contribution in [3.05, 3.63) is 69.8 Å². The van der Waals surface area contributed by atoms with Gasteiger partial charge >= 0.3 is 0 Å². The average Bonchev–Trinajstić information content (AvgIpc) is 2.46. The van der Waals surface area contributed by atoms with E-state index in [0.717, 1.165) is 5.56 Å². The molecule has 2 aromatic rings. The van der Waals surface area contributed by atoms with Crippen molar-refractivity contribution in [2.24, 2.45) is 0 Å². The third-order valence-corrected chi connectivity index (χ3v) is 4.57. The number of benzene rings is 2. The molecule has 23 heavy (non-hydrogen) atoms. The molecule has 2 aromatic carbocycles. The van der Waals surface area contributed by atoms with Crippen LogP contribution in [0.15, 0.2) is 48.5 Å². The summed E-state index contributed by atoms with van der Waals surface area (Å²) in [6.07, 6.45) is 0. The first kappa shape index (κ1) is 17.0. The minimum absolute atomic E-state index is 0.125. The van der Waals surface area contributed by atoms with E-state index >= 15 is 0 Å². The van der Waals surface area contributed by atoms with Gasteiger partial charge in [0.15, 0.2) is 0 Å². The number of rotatable bonds is 6. The van der Waals surface area contributed by atoms with Gasteiger partial charge in [-0.2, -0.15) is 0 Å². The number of nitrogens with one attached hydrogen (secondary N) is 1. The molecule has 7 heteroatoms. The van der Waals surface area contributed by atoms with Gasteiger partial charge in [-0.05, 0) is 23.1 Å². The first-order valence-electron chi connectivity index (χ1n) is 7.11. The Morgan fingerprint density at radius 2 is 1.83 bits per heavy atom. The number of anilines is 1. The van der Waals surface area contributed by atoms with Gasteiger partial charge in [0, 0.05) is 12.1 Å². The van der Waals surface area contributed by atoms with Crippen molar-refractivity contribution >= 4 is 21.4 Å². The summed E-state index contributed by atoms with van der Waals surface area (Å²) in [5.74, 6) is -0.145. The van der Waals surface area contributed by atoms with Crippen molar-refractivity contribution in [2.45, 2.75) is 25.5 Å². The molecule has 122 valence electrons. The Balaban J connectivity index is 2.24. The summed E-state index contributed by atoms with van der Waals surface area (Å²) in [7, 11) is -3.66. The summed E-state index contributed by atoms with van der Waals surface area (Å²) in [4.78, 5) is 10.2. The summed E-state index contributed by atoms with van der Waals surface area (Å²) >= 11 is 0. The lowest BCUT2D eigenvalue weighted by Gasteiger charge is -2.14. The predicted molar refractivity (Wildman–Crippen MR) is 89.9 cm³/mol. The summed E-state index contributed by atoms with van der Waals surface area (Å²) in [6.45, 7) is 3.96. The molecule has 0 amide bonds. The van der Waals surface area contributed by atoms with Crippen molar-refractivity contribution < 1.29 is 13.3 Å². The molecule has 0 aliphatic heterocycles. The van der Waals surface area contributed by atoms with Crippen LogP contribution in [0.3, 0.4) is 0 Å². The van der Waals surface area contributed by atoms with Crippen LogP contribution in [0.2, 0.25) is 0 Å². The molecule has 0 unspecified atom stereocenters. The number of nitrogens with zero attached hydrogens (tertiary/aromatic N) is 1. The van der Waals surface area contributed by atoms with Crippen LogP contribution in [0.4, 0.5) is 11.4 Å². The number of nitro groups is 1. The summed E-state index contributed by atoms with van der Waals surface area (Å²) in [5.41, 5.74) is 1.68. The largest absolute Gasteiger partial charge is 0.283 e. The van der Waals surface area contributed by atoms with Gasteiger partial charge in [0.25, 0.3) is 5.69 Å². The smallest absolute Gasteiger partial charge is 0.269 e. The second kappa shape index (κ2) is 6.78. The topological polar surface area (TPSA) is 89.3 Å². The van der Waals surface area contributed by atoms with Crippen LogP contribution in [-0.2, 0) is 15.8 Å². The number of sulfonamides is 1. The minimum Gasteiger partial charge on any atom is -0.283 e. The van der Waals surface area contributed by atoms with Gasteiger partial charge in [0.1, 0.15) is 0 Å². The molecular formula is C16H18N2O4S. The van der Waals surface area contributed by atoms with E-state index in [4.69, 9.17) is 0 Å². The van der Waals surface area contributed by atoms with Gasteiger partial charge in [0.2, 0.25) is 10.0 Å². The molecule has 6 nitrogen and oxygen atoms in total. The first-order chi connectivity index (χ1) is 10.8. The van der Waals surface area contributed by atoms with E-state index in [1.54, 1.807) is 18.2 Å². The van der Waals surface area contributed by atoms with E-state index in [-0.39, 0.29) is 17.4 Å². The molecule has 1 N–H and O–H groups in total. The number of hydrogen-bond acceptors (Lipinski definition) is 4. The molecular weight excluding hydrogens is 316 g/mol. The fraction of sp³-hybridized carbons (Fsp3) is 0.250. The average molecular weight is 334 g/mol. The van der Waals surface area contributed by atoms with Crippen LogP contribution in [0.25, 0.3) is 0 Å². The lowest BCUT2D eigenvalue weighted by atomic mass is 10.0. The third kappa shape index (κ3) is 4.53. The highest BCUT2D eigenvalue weighted by Crippen LogP contribution is 2.25. The molecule has 0 saturated heterocycles. The Morgan fingerprint density at radius 3 is 2.48 bits per heavy atom. The number of para-hydroxylation sites is 1. The van der Waals surface area contributed by atoms with Crippen molar-refractivity contribution in [2.75, 3.05) is 4.72 Å². The van der Waals surface area contributed by atoms with E-state index in [0.29, 0.717) is 11.3 Å². The Kier molecular flexibility index (Phi) is 5.00. The van der Waals surface area contributed by atoms with Crippen molar-refractivity contribution in [3.63, 3.8) is 0 Å². The zero-order chi connectivity index (χ0) is 17.0. The molecule has 0 spiro atoms. The molecule has 0 heterocycles. The van der Waals surface area contributed by atoms with Gasteiger partial charge in [-0.1, -0.05) is 44.2 Å². The first-order valence-corrected chi connectivity index (χ1v) is 8.76. The molecule has 0 radical (unpaired) electrons. The van der Waals surface area contributed by atoms with Crippen molar-refractivity contribution in [3.8, 4) is 0 Å². The normalized spacial score (nSPS) is 11.4. The minimum atomic E-state index is -3.66. The molecule has 0 saturated carbocycles. The van der Waals surface area contributed by atoms with Crippen LogP contribution in [0, 0.1) is 10.1 Å². The molecule has 0 bridgehead atoms. The Hall–Kier alpha value is -2.41.